The quantitative estimate of drug-likeness (QED) is 0.690. The molecule has 0 amide bonds. The van der Waals surface area contributed by atoms with Crippen molar-refractivity contribution in [1.82, 2.24) is 0 Å². The van der Waals surface area contributed by atoms with Crippen molar-refractivity contribution in [3.8, 4) is 0 Å². The van der Waals surface area contributed by atoms with Gasteiger partial charge in [-0.05, 0) is 17.7 Å². The number of carboxylic acids is 1. The van der Waals surface area contributed by atoms with E-state index in [9.17, 15) is 14.9 Å². The minimum atomic E-state index is -1.20. The van der Waals surface area contributed by atoms with E-state index in [0.717, 1.165) is 0 Å². The van der Waals surface area contributed by atoms with Gasteiger partial charge in [0.2, 0.25) is 0 Å². The molecule has 5 nitrogen and oxygen atoms in total. The summed E-state index contributed by atoms with van der Waals surface area (Å²) in [6.45, 7) is 0. The molecular formula is C14H10ClNO4. The van der Waals surface area contributed by atoms with E-state index >= 15 is 0 Å². The Balaban J connectivity index is 2.57. The highest BCUT2D eigenvalue weighted by molar-refractivity contribution is 6.31. The number of carboxylic acid groups (broad SMARTS) is 1. The zero-order chi connectivity index (χ0) is 14.7. The molecule has 0 atom stereocenters. The maximum absolute atomic E-state index is 11.2. The van der Waals surface area contributed by atoms with Crippen molar-refractivity contribution in [2.45, 2.75) is 6.42 Å². The Kier molecular flexibility index (Phi) is 4.00. The molecule has 0 bridgehead atoms. The molecular weight excluding hydrogens is 282 g/mol. The van der Waals surface area contributed by atoms with E-state index in [0.29, 0.717) is 10.6 Å². The minimum absolute atomic E-state index is 0.0841. The molecule has 0 aliphatic carbocycles. The highest BCUT2D eigenvalue weighted by Crippen LogP contribution is 2.28. The van der Waals surface area contributed by atoms with E-state index in [4.69, 9.17) is 16.7 Å². The van der Waals surface area contributed by atoms with Crippen molar-refractivity contribution in [3.05, 3.63) is 74.3 Å². The standard InChI is InChI=1S/C14H10ClNO4/c15-12-6-2-1-4-9(12)8-11-10(14(17)18)5-3-7-13(11)16(19)20/h1-7H,8H2,(H,17,18). The van der Waals surface area contributed by atoms with E-state index in [1.807, 2.05) is 0 Å². The second kappa shape index (κ2) is 5.71. The van der Waals surface area contributed by atoms with Crippen LogP contribution in [0.15, 0.2) is 42.5 Å². The van der Waals surface area contributed by atoms with Crippen LogP contribution in [-0.2, 0) is 6.42 Å². The first-order valence-electron chi connectivity index (χ1n) is 5.73. The molecule has 0 radical (unpaired) electrons. The summed E-state index contributed by atoms with van der Waals surface area (Å²) in [5, 5.41) is 20.7. The summed E-state index contributed by atoms with van der Waals surface area (Å²) in [7, 11) is 0. The second-order valence-electron chi connectivity index (χ2n) is 4.13. The zero-order valence-electron chi connectivity index (χ0n) is 10.2. The Morgan fingerprint density at radius 3 is 2.50 bits per heavy atom. The van der Waals surface area contributed by atoms with E-state index in [1.165, 1.54) is 18.2 Å². The van der Waals surface area contributed by atoms with Crippen LogP contribution in [0.5, 0.6) is 0 Å². The molecule has 0 unspecified atom stereocenters. The molecule has 2 rings (SSSR count). The molecule has 6 heteroatoms. The molecule has 0 saturated heterocycles. The Hall–Kier alpha value is -2.40. The van der Waals surface area contributed by atoms with Gasteiger partial charge in [-0.3, -0.25) is 10.1 Å². The van der Waals surface area contributed by atoms with Crippen LogP contribution in [0.3, 0.4) is 0 Å². The highest BCUT2D eigenvalue weighted by Gasteiger charge is 2.21. The fourth-order valence-corrected chi connectivity index (χ4v) is 2.17. The topological polar surface area (TPSA) is 80.4 Å². The van der Waals surface area contributed by atoms with Gasteiger partial charge in [0, 0.05) is 23.1 Å². The molecule has 0 aliphatic heterocycles. The van der Waals surface area contributed by atoms with Crippen molar-refractivity contribution < 1.29 is 14.8 Å². The lowest BCUT2D eigenvalue weighted by Gasteiger charge is -2.08. The number of hydrogen-bond donors (Lipinski definition) is 1. The van der Waals surface area contributed by atoms with Gasteiger partial charge in [-0.15, -0.1) is 0 Å². The zero-order valence-corrected chi connectivity index (χ0v) is 11.0. The monoisotopic (exact) mass is 291 g/mol. The van der Waals surface area contributed by atoms with Crippen molar-refractivity contribution in [1.29, 1.82) is 0 Å². The molecule has 0 spiro atoms. The summed E-state index contributed by atoms with van der Waals surface area (Å²) in [6, 6.07) is 10.9. The van der Waals surface area contributed by atoms with Gasteiger partial charge >= 0.3 is 5.97 Å². The Bertz CT molecular complexity index is 652. The fraction of sp³-hybridized carbons (Fsp3) is 0.0714. The van der Waals surface area contributed by atoms with E-state index < -0.39 is 10.9 Å². The number of nitro groups is 1. The summed E-state index contributed by atoms with van der Waals surface area (Å²) >= 11 is 6.02. The SMILES string of the molecule is O=C(O)c1cccc([N+](=O)[O-])c1Cc1ccccc1Cl. The summed E-state index contributed by atoms with van der Waals surface area (Å²) in [6.07, 6.45) is 0.0957. The van der Waals surface area contributed by atoms with Crippen LogP contribution in [-0.4, -0.2) is 16.0 Å². The molecule has 1 N–H and O–H groups in total. The van der Waals surface area contributed by atoms with Gasteiger partial charge in [0.15, 0.2) is 0 Å². The van der Waals surface area contributed by atoms with Crippen LogP contribution >= 0.6 is 11.6 Å². The molecule has 0 heterocycles. The summed E-state index contributed by atoms with van der Waals surface area (Å²) in [5.74, 6) is -1.20. The van der Waals surface area contributed by atoms with Crippen LogP contribution in [0.25, 0.3) is 0 Å². The Labute approximate surface area is 119 Å². The van der Waals surface area contributed by atoms with Gasteiger partial charge in [-0.25, -0.2) is 4.79 Å². The molecule has 20 heavy (non-hydrogen) atoms. The average molecular weight is 292 g/mol. The lowest BCUT2D eigenvalue weighted by molar-refractivity contribution is -0.385. The number of carbonyl (C=O) groups is 1. The van der Waals surface area contributed by atoms with Crippen LogP contribution in [0, 0.1) is 10.1 Å². The lowest BCUT2D eigenvalue weighted by Crippen LogP contribution is -2.06. The summed E-state index contributed by atoms with van der Waals surface area (Å²) < 4.78 is 0. The van der Waals surface area contributed by atoms with Gasteiger partial charge in [0.05, 0.1) is 10.5 Å². The summed E-state index contributed by atoms with van der Waals surface area (Å²) in [4.78, 5) is 21.7. The molecule has 0 aromatic heterocycles. The van der Waals surface area contributed by atoms with Gasteiger partial charge in [0.1, 0.15) is 0 Å². The third kappa shape index (κ3) is 2.78. The smallest absolute Gasteiger partial charge is 0.336 e. The average Bonchev–Trinajstić information content (AvgIpc) is 2.41. The van der Waals surface area contributed by atoms with Crippen molar-refractivity contribution in [2.75, 3.05) is 0 Å². The predicted octanol–water partition coefficient (Wildman–Crippen LogP) is 3.54. The first kappa shape index (κ1) is 14.0. The molecule has 2 aromatic carbocycles. The number of nitro benzene ring substituents is 1. The molecule has 2 aromatic rings. The van der Waals surface area contributed by atoms with Gasteiger partial charge in [-0.1, -0.05) is 35.9 Å². The number of nitrogens with zero attached hydrogens (tertiary/aromatic N) is 1. The molecule has 102 valence electrons. The number of halogens is 1. The van der Waals surface area contributed by atoms with Gasteiger partial charge in [-0.2, -0.15) is 0 Å². The van der Waals surface area contributed by atoms with Crippen LogP contribution in [0.2, 0.25) is 5.02 Å². The number of benzene rings is 2. The molecule has 0 aliphatic rings. The largest absolute Gasteiger partial charge is 0.478 e. The fourth-order valence-electron chi connectivity index (χ4n) is 1.96. The van der Waals surface area contributed by atoms with E-state index in [1.54, 1.807) is 24.3 Å². The van der Waals surface area contributed by atoms with Gasteiger partial charge in [0.25, 0.3) is 5.69 Å². The van der Waals surface area contributed by atoms with E-state index in [-0.39, 0.29) is 23.2 Å². The highest BCUT2D eigenvalue weighted by atomic mass is 35.5. The maximum Gasteiger partial charge on any atom is 0.336 e. The first-order valence-corrected chi connectivity index (χ1v) is 6.11. The Morgan fingerprint density at radius 2 is 1.90 bits per heavy atom. The molecule has 0 fully saturated rings. The number of hydrogen-bond acceptors (Lipinski definition) is 3. The predicted molar refractivity (Wildman–Crippen MR) is 74.3 cm³/mol. The minimum Gasteiger partial charge on any atom is -0.478 e. The van der Waals surface area contributed by atoms with E-state index in [2.05, 4.69) is 0 Å². The van der Waals surface area contributed by atoms with Crippen molar-refractivity contribution in [3.63, 3.8) is 0 Å². The number of rotatable bonds is 4. The van der Waals surface area contributed by atoms with Crippen LogP contribution in [0.1, 0.15) is 21.5 Å². The summed E-state index contributed by atoms with van der Waals surface area (Å²) in [5.41, 5.74) is 0.494. The van der Waals surface area contributed by atoms with Crippen LogP contribution < -0.4 is 0 Å². The van der Waals surface area contributed by atoms with Crippen LogP contribution in [0.4, 0.5) is 5.69 Å². The third-order valence-corrected chi connectivity index (χ3v) is 3.27. The second-order valence-corrected chi connectivity index (χ2v) is 4.54. The normalized spacial score (nSPS) is 10.2. The lowest BCUT2D eigenvalue weighted by atomic mass is 9.98. The maximum atomic E-state index is 11.2. The Morgan fingerprint density at radius 1 is 1.20 bits per heavy atom. The third-order valence-electron chi connectivity index (χ3n) is 2.90. The molecule has 0 saturated carbocycles. The van der Waals surface area contributed by atoms with Gasteiger partial charge < -0.3 is 5.11 Å². The number of aromatic carboxylic acids is 1. The van der Waals surface area contributed by atoms with Crippen molar-refractivity contribution >= 4 is 23.3 Å². The first-order chi connectivity index (χ1) is 9.50. The van der Waals surface area contributed by atoms with Crippen molar-refractivity contribution in [2.24, 2.45) is 0 Å².